The number of urea groups is 1. The Hall–Kier alpha value is -4.67. The number of hydrogen-bond acceptors (Lipinski definition) is 4. The number of aliphatic carboxylic acids is 1. The Kier molecular flexibility index (Phi) is 7.99. The zero-order valence-electron chi connectivity index (χ0n) is 20.5. The van der Waals surface area contributed by atoms with E-state index < -0.39 is 42.1 Å². The third-order valence-electron chi connectivity index (χ3n) is 6.30. The van der Waals surface area contributed by atoms with Gasteiger partial charge in [0.1, 0.15) is 6.54 Å². The Bertz CT molecular complexity index is 1420. The van der Waals surface area contributed by atoms with Crippen LogP contribution in [0.2, 0.25) is 0 Å². The first-order chi connectivity index (χ1) is 18.5. The molecule has 0 aromatic heterocycles. The summed E-state index contributed by atoms with van der Waals surface area (Å²) < 4.78 is 38.6. The number of ketones is 1. The molecule has 0 bridgehead atoms. The minimum absolute atomic E-state index is 0.00526. The number of hydrogen-bond donors (Lipinski definition) is 4. The lowest BCUT2D eigenvalue weighted by atomic mass is 9.80. The second-order valence-corrected chi connectivity index (χ2v) is 9.08. The molecule has 0 heterocycles. The normalized spacial score (nSPS) is 14.7. The molecule has 0 spiro atoms. The van der Waals surface area contributed by atoms with Crippen molar-refractivity contribution in [1.29, 1.82) is 0 Å². The number of carbonyl (C=O) groups is 4. The quantitative estimate of drug-likeness (QED) is 0.322. The van der Waals surface area contributed by atoms with Gasteiger partial charge in [0, 0.05) is 29.3 Å². The fourth-order valence-electron chi connectivity index (χ4n) is 4.38. The number of nitrogens with one attached hydrogen (secondary N) is 3. The number of halogens is 3. The number of Topliss-reactive ketones (excluding diaryl/α,β-unsaturated/α-hetero) is 1. The number of amides is 3. The Morgan fingerprint density at radius 1 is 0.897 bits per heavy atom. The number of benzene rings is 3. The van der Waals surface area contributed by atoms with Crippen molar-refractivity contribution in [1.82, 2.24) is 5.32 Å². The second-order valence-electron chi connectivity index (χ2n) is 9.08. The van der Waals surface area contributed by atoms with Crippen LogP contribution in [-0.2, 0) is 22.2 Å². The van der Waals surface area contributed by atoms with Crippen LogP contribution in [0, 0.1) is 5.92 Å². The van der Waals surface area contributed by atoms with Crippen LogP contribution >= 0.6 is 0 Å². The number of alkyl halides is 3. The summed E-state index contributed by atoms with van der Waals surface area (Å²) in [5.74, 6) is -2.30. The van der Waals surface area contributed by atoms with E-state index in [2.05, 4.69) is 16.0 Å². The molecule has 1 aliphatic carbocycles. The largest absolute Gasteiger partial charge is 0.480 e. The van der Waals surface area contributed by atoms with E-state index in [4.69, 9.17) is 5.11 Å². The highest BCUT2D eigenvalue weighted by Gasteiger charge is 2.31. The molecule has 0 fully saturated rings. The molecule has 202 valence electrons. The maximum Gasteiger partial charge on any atom is 0.416 e. The molecule has 8 nitrogen and oxygen atoms in total. The summed E-state index contributed by atoms with van der Waals surface area (Å²) in [6.45, 7) is -0.492. The lowest BCUT2D eigenvalue weighted by molar-refractivity contribution is -0.138. The van der Waals surface area contributed by atoms with Crippen LogP contribution in [0.3, 0.4) is 0 Å². The predicted molar refractivity (Wildman–Crippen MR) is 137 cm³/mol. The van der Waals surface area contributed by atoms with Crippen molar-refractivity contribution in [2.45, 2.75) is 25.4 Å². The van der Waals surface area contributed by atoms with Crippen molar-refractivity contribution < 1.29 is 37.5 Å². The van der Waals surface area contributed by atoms with Gasteiger partial charge in [0.2, 0.25) is 5.91 Å². The smallest absolute Gasteiger partial charge is 0.416 e. The molecule has 4 rings (SSSR count). The molecule has 1 aliphatic rings. The number of aryl methyl sites for hydroxylation is 1. The number of carbonyl (C=O) groups excluding carboxylic acids is 3. The maximum absolute atomic E-state index is 12.9. The Balaban J connectivity index is 1.38. The van der Waals surface area contributed by atoms with Gasteiger partial charge in [-0.3, -0.25) is 14.4 Å². The van der Waals surface area contributed by atoms with Crippen molar-refractivity contribution in [3.63, 3.8) is 0 Å². The zero-order chi connectivity index (χ0) is 28.2. The summed E-state index contributed by atoms with van der Waals surface area (Å²) in [6.07, 6.45) is -3.53. The van der Waals surface area contributed by atoms with Crippen molar-refractivity contribution >= 4 is 35.1 Å². The predicted octanol–water partition coefficient (Wildman–Crippen LogP) is 5.35. The molecule has 39 heavy (non-hydrogen) atoms. The van der Waals surface area contributed by atoms with Crippen molar-refractivity contribution in [3.05, 3.63) is 83.4 Å². The monoisotopic (exact) mass is 539 g/mol. The van der Waals surface area contributed by atoms with Gasteiger partial charge in [-0.2, -0.15) is 13.2 Å². The van der Waals surface area contributed by atoms with Crippen LogP contribution in [0.25, 0.3) is 11.1 Å². The lowest BCUT2D eigenvalue weighted by Gasteiger charge is -2.23. The standard InChI is InChI=1S/C28H24F3N3O5/c29-28(30,31)20-2-1-3-22(14-20)34-27(39)33-21-9-6-16(7-10-21)17-8-11-23-18(12-17)4-5-19(26(23)38)13-24(35)32-15-25(36)37/h1-3,6-12,14,19H,4-5,13,15H2,(H,32,35)(H,36,37)(H2,33,34,39). The van der Waals surface area contributed by atoms with Gasteiger partial charge in [0.15, 0.2) is 5.78 Å². The molecule has 3 aromatic carbocycles. The summed E-state index contributed by atoms with van der Waals surface area (Å²) in [6, 6.07) is 15.9. The highest BCUT2D eigenvalue weighted by Crippen LogP contribution is 2.32. The summed E-state index contributed by atoms with van der Waals surface area (Å²) in [5, 5.41) is 15.9. The van der Waals surface area contributed by atoms with Gasteiger partial charge >= 0.3 is 18.2 Å². The number of rotatable bonds is 7. The molecule has 4 N–H and O–H groups in total. The molecule has 1 unspecified atom stereocenters. The van der Waals surface area contributed by atoms with Gasteiger partial charge in [-0.25, -0.2) is 4.79 Å². The van der Waals surface area contributed by atoms with E-state index in [1.165, 1.54) is 12.1 Å². The average Bonchev–Trinajstić information content (AvgIpc) is 2.89. The lowest BCUT2D eigenvalue weighted by Crippen LogP contribution is -2.33. The average molecular weight is 540 g/mol. The van der Waals surface area contributed by atoms with Crippen molar-refractivity contribution in [2.75, 3.05) is 17.2 Å². The number of anilines is 2. The number of carboxylic acids is 1. The highest BCUT2D eigenvalue weighted by atomic mass is 19.4. The Labute approximate surface area is 221 Å². The van der Waals surface area contributed by atoms with Crippen molar-refractivity contribution in [3.8, 4) is 11.1 Å². The molecule has 1 atom stereocenters. The van der Waals surface area contributed by atoms with Gasteiger partial charge in [-0.1, -0.05) is 36.4 Å². The van der Waals surface area contributed by atoms with E-state index >= 15 is 0 Å². The first-order valence-electron chi connectivity index (χ1n) is 12.0. The minimum Gasteiger partial charge on any atom is -0.480 e. The zero-order valence-corrected chi connectivity index (χ0v) is 20.5. The van der Waals surface area contributed by atoms with E-state index in [1.54, 1.807) is 36.4 Å². The Morgan fingerprint density at radius 3 is 2.28 bits per heavy atom. The topological polar surface area (TPSA) is 125 Å². The van der Waals surface area contributed by atoms with Crippen LogP contribution in [0.4, 0.5) is 29.3 Å². The van der Waals surface area contributed by atoms with Gasteiger partial charge < -0.3 is 21.1 Å². The number of fused-ring (bicyclic) bond motifs is 1. The maximum atomic E-state index is 12.9. The third kappa shape index (κ3) is 7.01. The SMILES string of the molecule is O=C(O)CNC(=O)CC1CCc2cc(-c3ccc(NC(=O)Nc4cccc(C(F)(F)F)c4)cc3)ccc2C1=O. The summed E-state index contributed by atoms with van der Waals surface area (Å²) >= 11 is 0. The molecule has 11 heteroatoms. The van der Waals surface area contributed by atoms with Crippen LogP contribution < -0.4 is 16.0 Å². The highest BCUT2D eigenvalue weighted by molar-refractivity contribution is 6.03. The molecule has 0 saturated heterocycles. The fraction of sp³-hybridized carbons (Fsp3) is 0.214. The molecular weight excluding hydrogens is 515 g/mol. The summed E-state index contributed by atoms with van der Waals surface area (Å²) in [4.78, 5) is 47.7. The Morgan fingerprint density at radius 2 is 1.59 bits per heavy atom. The fourth-order valence-corrected chi connectivity index (χ4v) is 4.38. The molecule has 3 aromatic rings. The van der Waals surface area contributed by atoms with Crippen molar-refractivity contribution in [2.24, 2.45) is 5.92 Å². The first-order valence-corrected chi connectivity index (χ1v) is 12.0. The van der Waals surface area contributed by atoms with Crippen LogP contribution in [0.5, 0.6) is 0 Å². The van der Waals surface area contributed by atoms with Crippen LogP contribution in [0.15, 0.2) is 66.7 Å². The van der Waals surface area contributed by atoms with E-state index in [0.29, 0.717) is 24.1 Å². The summed E-state index contributed by atoms with van der Waals surface area (Å²) in [5.41, 5.74) is 2.62. The van der Waals surface area contributed by atoms with Gasteiger partial charge in [0.05, 0.1) is 5.56 Å². The van der Waals surface area contributed by atoms with Gasteiger partial charge in [-0.15, -0.1) is 0 Å². The van der Waals surface area contributed by atoms with Gasteiger partial charge in [0.25, 0.3) is 0 Å². The van der Waals surface area contributed by atoms with Crippen LogP contribution in [-0.4, -0.2) is 35.3 Å². The molecule has 0 saturated carbocycles. The van der Waals surface area contributed by atoms with Gasteiger partial charge in [-0.05, 0) is 59.9 Å². The van der Waals surface area contributed by atoms with E-state index in [9.17, 15) is 32.3 Å². The minimum atomic E-state index is -4.52. The van der Waals surface area contributed by atoms with Crippen LogP contribution in [0.1, 0.15) is 34.3 Å². The number of carboxylic acid groups (broad SMARTS) is 1. The molecule has 3 amide bonds. The molecule has 0 aliphatic heterocycles. The molecular formula is C28H24F3N3O5. The summed E-state index contributed by atoms with van der Waals surface area (Å²) in [7, 11) is 0. The van der Waals surface area contributed by atoms with E-state index in [1.807, 2.05) is 6.07 Å². The third-order valence-corrected chi connectivity index (χ3v) is 6.30. The second kappa shape index (κ2) is 11.4. The first kappa shape index (κ1) is 27.4. The molecule has 0 radical (unpaired) electrons. The van der Waals surface area contributed by atoms with E-state index in [-0.39, 0.29) is 17.9 Å². The van der Waals surface area contributed by atoms with E-state index in [0.717, 1.165) is 28.8 Å².